The Balaban J connectivity index is 1.53. The Morgan fingerprint density at radius 3 is 2.83 bits per heavy atom. The van der Waals surface area contributed by atoms with Gasteiger partial charge in [-0.05, 0) is 43.2 Å². The fraction of sp³-hybridized carbons (Fsp3) is 0.190. The van der Waals surface area contributed by atoms with Crippen LogP contribution in [0.1, 0.15) is 11.1 Å². The highest BCUT2D eigenvalue weighted by Gasteiger charge is 2.15. The summed E-state index contributed by atoms with van der Waals surface area (Å²) >= 11 is 1.30. The van der Waals surface area contributed by atoms with Crippen LogP contribution >= 0.6 is 11.8 Å². The minimum atomic E-state index is -0.111. The smallest absolute Gasteiger partial charge is 0.234 e. The van der Waals surface area contributed by atoms with E-state index < -0.39 is 0 Å². The molecule has 152 valence electrons. The number of rotatable bonds is 6. The normalized spacial score (nSPS) is 10.9. The molecule has 4 aromatic rings. The fourth-order valence-corrected chi connectivity index (χ4v) is 3.69. The maximum absolute atomic E-state index is 12.5. The first kappa shape index (κ1) is 19.8. The highest BCUT2D eigenvalue weighted by Crippen LogP contribution is 2.25. The number of anilines is 1. The number of hydrogen-bond acceptors (Lipinski definition) is 7. The van der Waals surface area contributed by atoms with Crippen LogP contribution in [0.5, 0.6) is 5.75 Å². The fourth-order valence-electron chi connectivity index (χ4n) is 2.96. The van der Waals surface area contributed by atoms with E-state index in [9.17, 15) is 4.79 Å². The Labute approximate surface area is 177 Å². The first-order valence-corrected chi connectivity index (χ1v) is 10.2. The number of aryl methyl sites for hydroxylation is 1. The van der Waals surface area contributed by atoms with Crippen molar-refractivity contribution in [2.24, 2.45) is 0 Å². The van der Waals surface area contributed by atoms with E-state index in [4.69, 9.17) is 4.74 Å². The zero-order chi connectivity index (χ0) is 21.1. The maximum atomic E-state index is 12.5. The van der Waals surface area contributed by atoms with Gasteiger partial charge in [0.25, 0.3) is 0 Å². The van der Waals surface area contributed by atoms with Crippen molar-refractivity contribution in [3.05, 3.63) is 59.9 Å². The predicted octanol–water partition coefficient (Wildman–Crippen LogP) is 3.57. The van der Waals surface area contributed by atoms with E-state index in [1.54, 1.807) is 11.8 Å². The van der Waals surface area contributed by atoms with Crippen LogP contribution in [0.2, 0.25) is 0 Å². The Morgan fingerprint density at radius 2 is 2.00 bits per heavy atom. The molecule has 0 saturated carbocycles. The molecule has 0 atom stereocenters. The van der Waals surface area contributed by atoms with Crippen LogP contribution in [0.3, 0.4) is 0 Å². The molecule has 0 aliphatic rings. The Kier molecular flexibility index (Phi) is 5.62. The highest BCUT2D eigenvalue weighted by atomic mass is 32.2. The van der Waals surface area contributed by atoms with Crippen LogP contribution in [-0.2, 0) is 4.79 Å². The Morgan fingerprint density at radius 1 is 1.17 bits per heavy atom. The summed E-state index contributed by atoms with van der Waals surface area (Å²) in [5, 5.41) is 12.0. The zero-order valence-electron chi connectivity index (χ0n) is 16.8. The van der Waals surface area contributed by atoms with Crippen molar-refractivity contribution in [2.45, 2.75) is 18.9 Å². The molecule has 8 nitrogen and oxygen atoms in total. The molecule has 2 heterocycles. The molecule has 2 aromatic carbocycles. The summed E-state index contributed by atoms with van der Waals surface area (Å²) in [4.78, 5) is 21.1. The summed E-state index contributed by atoms with van der Waals surface area (Å²) in [6.07, 6.45) is 1.45. The van der Waals surface area contributed by atoms with Crippen molar-refractivity contribution in [3.8, 4) is 11.4 Å². The second kappa shape index (κ2) is 8.50. The third kappa shape index (κ3) is 3.97. The first-order chi connectivity index (χ1) is 14.6. The topological polar surface area (TPSA) is 94.8 Å². The van der Waals surface area contributed by atoms with Gasteiger partial charge in [-0.25, -0.2) is 9.97 Å². The minimum absolute atomic E-state index is 0.111. The molecular weight excluding hydrogens is 400 g/mol. The van der Waals surface area contributed by atoms with E-state index in [1.807, 2.05) is 56.3 Å². The molecule has 1 N–H and O–H groups in total. The van der Waals surface area contributed by atoms with Crippen LogP contribution in [0.25, 0.3) is 16.9 Å². The van der Waals surface area contributed by atoms with Crippen molar-refractivity contribution in [1.29, 1.82) is 0 Å². The number of carbonyl (C=O) groups is 1. The molecule has 0 saturated heterocycles. The SMILES string of the molecule is COc1cccc(-n2nnc3c(SCC(=O)Nc4cccc(C)c4C)ncnc32)c1. The molecule has 4 rings (SSSR count). The number of carbonyl (C=O) groups excluding carboxylic acids is 1. The molecule has 0 radical (unpaired) electrons. The lowest BCUT2D eigenvalue weighted by molar-refractivity contribution is -0.113. The number of methoxy groups -OCH3 is 1. The van der Waals surface area contributed by atoms with Crippen molar-refractivity contribution >= 4 is 34.5 Å². The van der Waals surface area contributed by atoms with Crippen LogP contribution in [0.4, 0.5) is 5.69 Å². The lowest BCUT2D eigenvalue weighted by Gasteiger charge is -2.10. The van der Waals surface area contributed by atoms with Gasteiger partial charge in [-0.15, -0.1) is 5.10 Å². The van der Waals surface area contributed by atoms with Gasteiger partial charge in [0, 0.05) is 11.8 Å². The number of amides is 1. The molecule has 0 aliphatic heterocycles. The van der Waals surface area contributed by atoms with Gasteiger partial charge in [0.1, 0.15) is 17.1 Å². The molecule has 9 heteroatoms. The summed E-state index contributed by atoms with van der Waals surface area (Å²) in [5.41, 5.74) is 4.89. The average molecular weight is 420 g/mol. The standard InChI is InChI=1S/C21H20N6O2S/c1-13-6-4-9-17(14(13)2)24-18(28)11-30-21-19-20(22-12-23-21)27(26-25-19)15-7-5-8-16(10-15)29-3/h4-10,12H,11H2,1-3H3,(H,24,28). The van der Waals surface area contributed by atoms with Gasteiger partial charge in [-0.2, -0.15) is 4.68 Å². The van der Waals surface area contributed by atoms with Gasteiger partial charge in [0.2, 0.25) is 5.91 Å². The van der Waals surface area contributed by atoms with Gasteiger partial charge in [-0.1, -0.05) is 35.2 Å². The van der Waals surface area contributed by atoms with Crippen molar-refractivity contribution in [3.63, 3.8) is 0 Å². The second-order valence-electron chi connectivity index (χ2n) is 6.64. The van der Waals surface area contributed by atoms with Crippen molar-refractivity contribution in [2.75, 3.05) is 18.2 Å². The summed E-state index contributed by atoms with van der Waals surface area (Å²) in [6, 6.07) is 13.3. The Hall–Kier alpha value is -3.46. The zero-order valence-corrected chi connectivity index (χ0v) is 17.6. The van der Waals surface area contributed by atoms with Gasteiger partial charge in [0.05, 0.1) is 18.6 Å². The molecule has 0 unspecified atom stereocenters. The number of hydrogen-bond donors (Lipinski definition) is 1. The maximum Gasteiger partial charge on any atom is 0.234 e. The van der Waals surface area contributed by atoms with E-state index >= 15 is 0 Å². The molecule has 0 bridgehead atoms. The van der Waals surface area contributed by atoms with Gasteiger partial charge in [-0.3, -0.25) is 4.79 Å². The molecule has 1 amide bonds. The molecule has 30 heavy (non-hydrogen) atoms. The third-order valence-corrected chi connectivity index (χ3v) is 5.70. The van der Waals surface area contributed by atoms with E-state index in [2.05, 4.69) is 25.6 Å². The van der Waals surface area contributed by atoms with Crippen LogP contribution in [0.15, 0.2) is 53.8 Å². The average Bonchev–Trinajstić information content (AvgIpc) is 3.20. The molecular formula is C21H20N6O2S. The number of nitrogens with one attached hydrogen (secondary N) is 1. The van der Waals surface area contributed by atoms with Crippen LogP contribution in [-0.4, -0.2) is 43.7 Å². The quantitative estimate of drug-likeness (QED) is 0.376. The summed E-state index contributed by atoms with van der Waals surface area (Å²) in [6.45, 7) is 4.01. The number of aromatic nitrogens is 5. The largest absolute Gasteiger partial charge is 0.497 e. The third-order valence-electron chi connectivity index (χ3n) is 4.72. The first-order valence-electron chi connectivity index (χ1n) is 9.26. The monoisotopic (exact) mass is 420 g/mol. The molecule has 0 aliphatic carbocycles. The number of nitrogens with zero attached hydrogens (tertiary/aromatic N) is 5. The van der Waals surface area contributed by atoms with Crippen molar-refractivity contribution < 1.29 is 9.53 Å². The summed E-state index contributed by atoms with van der Waals surface area (Å²) < 4.78 is 6.90. The van der Waals surface area contributed by atoms with Gasteiger partial charge in [0.15, 0.2) is 11.2 Å². The van der Waals surface area contributed by atoms with Crippen LogP contribution < -0.4 is 10.1 Å². The second-order valence-corrected chi connectivity index (χ2v) is 7.60. The van der Waals surface area contributed by atoms with E-state index in [-0.39, 0.29) is 11.7 Å². The predicted molar refractivity (Wildman–Crippen MR) is 116 cm³/mol. The minimum Gasteiger partial charge on any atom is -0.497 e. The molecule has 2 aromatic heterocycles. The van der Waals surface area contributed by atoms with Crippen molar-refractivity contribution in [1.82, 2.24) is 25.0 Å². The summed E-state index contributed by atoms with van der Waals surface area (Å²) in [5.74, 6) is 0.800. The van der Waals surface area contributed by atoms with Gasteiger partial charge >= 0.3 is 0 Å². The van der Waals surface area contributed by atoms with E-state index in [0.29, 0.717) is 21.9 Å². The number of benzene rings is 2. The number of thioether (sulfide) groups is 1. The highest BCUT2D eigenvalue weighted by molar-refractivity contribution is 8.00. The lowest BCUT2D eigenvalue weighted by Crippen LogP contribution is -2.15. The molecule has 0 spiro atoms. The lowest BCUT2D eigenvalue weighted by atomic mass is 10.1. The number of fused-ring (bicyclic) bond motifs is 1. The summed E-state index contributed by atoms with van der Waals surface area (Å²) in [7, 11) is 1.61. The van der Waals surface area contributed by atoms with Gasteiger partial charge < -0.3 is 10.1 Å². The van der Waals surface area contributed by atoms with E-state index in [1.165, 1.54) is 18.1 Å². The number of ether oxygens (including phenoxy) is 1. The van der Waals surface area contributed by atoms with E-state index in [0.717, 1.165) is 22.5 Å². The Bertz CT molecular complexity index is 1220. The van der Waals surface area contributed by atoms with Crippen LogP contribution in [0, 0.1) is 13.8 Å². The molecule has 0 fully saturated rings.